The molecule has 0 spiro atoms. The number of nitrogens with one attached hydrogen (secondary N) is 1. The van der Waals surface area contributed by atoms with Crippen LogP contribution in [0.2, 0.25) is 0 Å². The lowest BCUT2D eigenvalue weighted by molar-refractivity contribution is 0.325. The molecule has 2 aliphatic rings. The Balaban J connectivity index is 1.94. The molecule has 0 amide bonds. The first-order chi connectivity index (χ1) is 9.29. The quantitative estimate of drug-likeness (QED) is 0.694. The molecule has 0 bridgehead atoms. The van der Waals surface area contributed by atoms with Crippen LogP contribution in [0.4, 0.5) is 0 Å². The largest absolute Gasteiger partial charge is 0.313 e. The van der Waals surface area contributed by atoms with E-state index in [-0.39, 0.29) is 0 Å². The first-order valence-corrected chi connectivity index (χ1v) is 8.71. The molecule has 19 heavy (non-hydrogen) atoms. The van der Waals surface area contributed by atoms with E-state index >= 15 is 0 Å². The van der Waals surface area contributed by atoms with Gasteiger partial charge in [-0.1, -0.05) is 57.6 Å². The van der Waals surface area contributed by atoms with E-state index in [0.29, 0.717) is 0 Å². The molecular weight excluding hydrogens is 230 g/mol. The van der Waals surface area contributed by atoms with E-state index in [4.69, 9.17) is 0 Å². The minimum Gasteiger partial charge on any atom is -0.313 e. The van der Waals surface area contributed by atoms with Crippen LogP contribution < -0.4 is 5.32 Å². The monoisotopic (exact) mass is 263 g/mol. The number of allylic oxidation sites excluding steroid dienone is 1. The Bertz CT molecular complexity index is 267. The zero-order chi connectivity index (χ0) is 13.5. The molecule has 1 nitrogen and oxygen atoms in total. The fourth-order valence-electron chi connectivity index (χ4n) is 3.84. The molecule has 0 aliphatic heterocycles. The average Bonchev–Trinajstić information content (AvgIpc) is 2.46. The van der Waals surface area contributed by atoms with Gasteiger partial charge in [0.15, 0.2) is 0 Å². The molecule has 1 heteroatoms. The molecule has 0 heterocycles. The molecule has 0 atom stereocenters. The zero-order valence-electron chi connectivity index (χ0n) is 13.1. The lowest BCUT2D eigenvalue weighted by Gasteiger charge is -2.29. The van der Waals surface area contributed by atoms with Crippen molar-refractivity contribution in [1.82, 2.24) is 5.32 Å². The van der Waals surface area contributed by atoms with E-state index in [1.54, 1.807) is 5.57 Å². The van der Waals surface area contributed by atoms with Crippen molar-refractivity contribution in [3.8, 4) is 0 Å². The van der Waals surface area contributed by atoms with Gasteiger partial charge in [0.2, 0.25) is 0 Å². The highest BCUT2D eigenvalue weighted by Gasteiger charge is 2.21. The van der Waals surface area contributed by atoms with Gasteiger partial charge in [0.05, 0.1) is 0 Å². The Morgan fingerprint density at radius 3 is 2.32 bits per heavy atom. The van der Waals surface area contributed by atoms with Crippen LogP contribution in [0.15, 0.2) is 11.6 Å². The Hall–Kier alpha value is -0.300. The van der Waals surface area contributed by atoms with E-state index < -0.39 is 0 Å². The molecule has 0 unspecified atom stereocenters. The third-order valence-corrected chi connectivity index (χ3v) is 5.22. The smallest absolute Gasteiger partial charge is 0.0167 e. The van der Waals surface area contributed by atoms with E-state index in [2.05, 4.69) is 25.2 Å². The molecule has 0 aromatic heterocycles. The van der Waals surface area contributed by atoms with Gasteiger partial charge >= 0.3 is 0 Å². The minimum absolute atomic E-state index is 0.881. The van der Waals surface area contributed by atoms with Crippen LogP contribution in [0, 0.1) is 17.8 Å². The standard InChI is InChI=1S/C18H33N/c1-3-19-14-18(17-7-5-4-6-8-17)13-16-11-9-15(2)10-12-16/h13,15-17,19H,3-12,14H2,1-2H3/b18-13-. The number of hydrogen-bond acceptors (Lipinski definition) is 1. The molecule has 110 valence electrons. The first-order valence-electron chi connectivity index (χ1n) is 8.71. The predicted octanol–water partition coefficient (Wildman–Crippen LogP) is 4.93. The van der Waals surface area contributed by atoms with Gasteiger partial charge in [0, 0.05) is 6.54 Å². The van der Waals surface area contributed by atoms with Crippen LogP contribution >= 0.6 is 0 Å². The Morgan fingerprint density at radius 1 is 1.00 bits per heavy atom. The zero-order valence-corrected chi connectivity index (χ0v) is 13.1. The average molecular weight is 263 g/mol. The SMILES string of the molecule is CCNC/C(=C/C1CCC(C)CC1)C1CCCCC1. The molecule has 1 N–H and O–H groups in total. The van der Waals surface area contributed by atoms with Crippen molar-refractivity contribution in [2.24, 2.45) is 17.8 Å². The van der Waals surface area contributed by atoms with Crippen molar-refractivity contribution in [1.29, 1.82) is 0 Å². The molecular formula is C18H33N. The summed E-state index contributed by atoms with van der Waals surface area (Å²) in [5, 5.41) is 3.58. The molecule has 0 radical (unpaired) electrons. The lowest BCUT2D eigenvalue weighted by atomic mass is 9.78. The van der Waals surface area contributed by atoms with Gasteiger partial charge in [-0.2, -0.15) is 0 Å². The maximum absolute atomic E-state index is 3.58. The van der Waals surface area contributed by atoms with Gasteiger partial charge in [-0.3, -0.25) is 0 Å². The molecule has 0 saturated heterocycles. The maximum atomic E-state index is 3.58. The van der Waals surface area contributed by atoms with Crippen molar-refractivity contribution >= 4 is 0 Å². The first kappa shape index (κ1) is 15.1. The van der Waals surface area contributed by atoms with Crippen molar-refractivity contribution in [3.63, 3.8) is 0 Å². The summed E-state index contributed by atoms with van der Waals surface area (Å²) in [5.74, 6) is 2.75. The van der Waals surface area contributed by atoms with E-state index in [1.807, 2.05) is 0 Å². The van der Waals surface area contributed by atoms with Crippen LogP contribution in [0.25, 0.3) is 0 Å². The summed E-state index contributed by atoms with van der Waals surface area (Å²) in [6, 6.07) is 0. The Morgan fingerprint density at radius 2 is 1.68 bits per heavy atom. The Labute approximate surface area is 120 Å². The minimum atomic E-state index is 0.881. The highest BCUT2D eigenvalue weighted by molar-refractivity contribution is 5.12. The van der Waals surface area contributed by atoms with Gasteiger partial charge in [0.1, 0.15) is 0 Å². The third-order valence-electron chi connectivity index (χ3n) is 5.22. The van der Waals surface area contributed by atoms with Gasteiger partial charge in [-0.25, -0.2) is 0 Å². The maximum Gasteiger partial charge on any atom is 0.0167 e. The molecule has 2 aliphatic carbocycles. The highest BCUT2D eigenvalue weighted by Crippen LogP contribution is 2.34. The topological polar surface area (TPSA) is 12.0 Å². The van der Waals surface area contributed by atoms with Crippen LogP contribution in [-0.2, 0) is 0 Å². The summed E-state index contributed by atoms with van der Waals surface area (Å²) in [6.45, 7) is 6.89. The summed E-state index contributed by atoms with van der Waals surface area (Å²) < 4.78 is 0. The number of hydrogen-bond donors (Lipinski definition) is 1. The van der Waals surface area contributed by atoms with Crippen molar-refractivity contribution < 1.29 is 0 Å². The fraction of sp³-hybridized carbons (Fsp3) is 0.889. The van der Waals surface area contributed by atoms with Crippen LogP contribution in [-0.4, -0.2) is 13.1 Å². The van der Waals surface area contributed by atoms with Gasteiger partial charge in [-0.05, 0) is 50.0 Å². The van der Waals surface area contributed by atoms with Crippen LogP contribution in [0.1, 0.15) is 71.6 Å². The normalized spacial score (nSPS) is 30.5. The van der Waals surface area contributed by atoms with Gasteiger partial charge in [0.25, 0.3) is 0 Å². The second kappa shape index (κ2) is 8.09. The second-order valence-electron chi connectivity index (χ2n) is 6.88. The number of likely N-dealkylation sites (N-methyl/N-ethyl adjacent to an activating group) is 1. The predicted molar refractivity (Wildman–Crippen MR) is 84.3 cm³/mol. The summed E-state index contributed by atoms with van der Waals surface area (Å²) in [6.07, 6.45) is 15.7. The third kappa shape index (κ3) is 4.95. The lowest BCUT2D eigenvalue weighted by Crippen LogP contribution is -2.23. The van der Waals surface area contributed by atoms with Crippen molar-refractivity contribution in [2.75, 3.05) is 13.1 Å². The molecule has 0 aromatic carbocycles. The van der Waals surface area contributed by atoms with Crippen LogP contribution in [0.3, 0.4) is 0 Å². The fourth-order valence-corrected chi connectivity index (χ4v) is 3.84. The summed E-state index contributed by atoms with van der Waals surface area (Å²) in [4.78, 5) is 0. The van der Waals surface area contributed by atoms with E-state index in [1.165, 1.54) is 57.8 Å². The number of rotatable bonds is 5. The van der Waals surface area contributed by atoms with Gasteiger partial charge < -0.3 is 5.32 Å². The summed E-state index contributed by atoms with van der Waals surface area (Å²) >= 11 is 0. The molecule has 2 rings (SSSR count). The van der Waals surface area contributed by atoms with E-state index in [0.717, 1.165) is 30.8 Å². The van der Waals surface area contributed by atoms with Crippen molar-refractivity contribution in [3.05, 3.63) is 11.6 Å². The van der Waals surface area contributed by atoms with Crippen molar-refractivity contribution in [2.45, 2.75) is 71.6 Å². The summed E-state index contributed by atoms with van der Waals surface area (Å²) in [5.41, 5.74) is 1.75. The van der Waals surface area contributed by atoms with Crippen LogP contribution in [0.5, 0.6) is 0 Å². The molecule has 2 saturated carbocycles. The molecule has 2 fully saturated rings. The second-order valence-corrected chi connectivity index (χ2v) is 6.88. The van der Waals surface area contributed by atoms with Gasteiger partial charge in [-0.15, -0.1) is 0 Å². The molecule has 0 aromatic rings. The van der Waals surface area contributed by atoms with E-state index in [9.17, 15) is 0 Å². The summed E-state index contributed by atoms with van der Waals surface area (Å²) in [7, 11) is 0. The highest BCUT2D eigenvalue weighted by atomic mass is 14.8. The Kier molecular flexibility index (Phi) is 6.43.